The van der Waals surface area contributed by atoms with Crippen molar-refractivity contribution in [2.75, 3.05) is 20.3 Å². The molecule has 0 amide bonds. The molecule has 2 unspecified atom stereocenters. The predicted molar refractivity (Wildman–Crippen MR) is 66.1 cm³/mol. The van der Waals surface area contributed by atoms with E-state index < -0.39 is 5.54 Å². The Morgan fingerprint density at radius 3 is 2.61 bits per heavy atom. The number of rotatable bonds is 3. The van der Waals surface area contributed by atoms with Gasteiger partial charge in [-0.25, -0.2) is 0 Å². The van der Waals surface area contributed by atoms with Crippen molar-refractivity contribution in [3.05, 3.63) is 0 Å². The van der Waals surface area contributed by atoms with Crippen LogP contribution in [0.3, 0.4) is 0 Å². The fraction of sp³-hybridized carbons (Fsp3) is 0.923. The highest BCUT2D eigenvalue weighted by atomic mass is 16.5. The number of carbonyl (C=O) groups excluding carboxylic acids is 1. The average molecular weight is 257 g/mol. The molecule has 1 aliphatic carbocycles. The molecule has 2 N–H and O–H groups in total. The summed E-state index contributed by atoms with van der Waals surface area (Å²) in [5, 5.41) is 0. The Kier molecular flexibility index (Phi) is 4.59. The largest absolute Gasteiger partial charge is 0.461 e. The van der Waals surface area contributed by atoms with Crippen molar-refractivity contribution in [1.29, 1.82) is 0 Å². The highest BCUT2D eigenvalue weighted by Crippen LogP contribution is 2.26. The third kappa shape index (κ3) is 3.22. The number of ether oxygens (including phenoxy) is 3. The molecule has 2 atom stereocenters. The fourth-order valence-electron chi connectivity index (χ4n) is 2.63. The molecule has 1 heterocycles. The van der Waals surface area contributed by atoms with Gasteiger partial charge in [-0.15, -0.1) is 0 Å². The van der Waals surface area contributed by atoms with Crippen molar-refractivity contribution < 1.29 is 19.0 Å². The minimum atomic E-state index is -0.849. The second-order valence-corrected chi connectivity index (χ2v) is 5.32. The van der Waals surface area contributed by atoms with Gasteiger partial charge in [-0.2, -0.15) is 0 Å². The Morgan fingerprint density at radius 2 is 1.94 bits per heavy atom. The van der Waals surface area contributed by atoms with Crippen LogP contribution in [0.25, 0.3) is 0 Å². The first kappa shape index (κ1) is 13.8. The predicted octanol–water partition coefficient (Wildman–Crippen LogP) is 0.995. The highest BCUT2D eigenvalue weighted by molar-refractivity contribution is 5.80. The molecule has 0 aromatic carbocycles. The molecule has 1 saturated carbocycles. The lowest BCUT2D eigenvalue weighted by Gasteiger charge is -2.34. The van der Waals surface area contributed by atoms with E-state index in [0.717, 1.165) is 25.7 Å². The van der Waals surface area contributed by atoms with E-state index in [1.807, 2.05) is 0 Å². The van der Waals surface area contributed by atoms with Gasteiger partial charge in [-0.1, -0.05) is 0 Å². The van der Waals surface area contributed by atoms with E-state index in [2.05, 4.69) is 0 Å². The van der Waals surface area contributed by atoms with E-state index in [1.54, 1.807) is 7.11 Å². The Balaban J connectivity index is 1.86. The van der Waals surface area contributed by atoms with Crippen molar-refractivity contribution in [3.8, 4) is 0 Å². The summed E-state index contributed by atoms with van der Waals surface area (Å²) in [6.45, 7) is 1.08. The molecule has 0 bridgehead atoms. The standard InChI is InChI=1S/C13H23NO4/c1-16-10-3-2-4-11(9-10)18-12(15)13(14)5-7-17-8-6-13/h10-11H,2-9,14H2,1H3. The number of hydrogen-bond acceptors (Lipinski definition) is 5. The minimum Gasteiger partial charge on any atom is -0.461 e. The van der Waals surface area contributed by atoms with Gasteiger partial charge in [0.2, 0.25) is 0 Å². The maximum absolute atomic E-state index is 12.1. The van der Waals surface area contributed by atoms with Crippen LogP contribution in [0.2, 0.25) is 0 Å². The summed E-state index contributed by atoms with van der Waals surface area (Å²) in [5.74, 6) is -0.271. The van der Waals surface area contributed by atoms with Gasteiger partial charge in [0.1, 0.15) is 11.6 Å². The Hall–Kier alpha value is -0.650. The van der Waals surface area contributed by atoms with Crippen molar-refractivity contribution >= 4 is 5.97 Å². The van der Waals surface area contributed by atoms with E-state index in [4.69, 9.17) is 19.9 Å². The van der Waals surface area contributed by atoms with Crippen LogP contribution in [0.4, 0.5) is 0 Å². The molecule has 1 aliphatic heterocycles. The van der Waals surface area contributed by atoms with Crippen molar-refractivity contribution in [2.45, 2.75) is 56.3 Å². The van der Waals surface area contributed by atoms with E-state index in [9.17, 15) is 4.79 Å². The van der Waals surface area contributed by atoms with Crippen LogP contribution in [0.5, 0.6) is 0 Å². The summed E-state index contributed by atoms with van der Waals surface area (Å²) in [6.07, 6.45) is 5.05. The zero-order valence-corrected chi connectivity index (χ0v) is 11.0. The lowest BCUT2D eigenvalue weighted by atomic mass is 9.90. The molecule has 0 radical (unpaired) electrons. The highest BCUT2D eigenvalue weighted by Gasteiger charge is 2.39. The van der Waals surface area contributed by atoms with Gasteiger partial charge in [0.15, 0.2) is 0 Å². The summed E-state index contributed by atoms with van der Waals surface area (Å²) < 4.78 is 16.1. The van der Waals surface area contributed by atoms with Gasteiger partial charge >= 0.3 is 5.97 Å². The molecule has 2 aliphatic rings. The topological polar surface area (TPSA) is 70.8 Å². The van der Waals surface area contributed by atoms with Crippen LogP contribution in [-0.2, 0) is 19.0 Å². The first-order chi connectivity index (χ1) is 8.64. The van der Waals surface area contributed by atoms with Crippen LogP contribution < -0.4 is 5.73 Å². The van der Waals surface area contributed by atoms with Gasteiger partial charge in [0.05, 0.1) is 6.10 Å². The van der Waals surface area contributed by atoms with Crippen molar-refractivity contribution in [1.82, 2.24) is 0 Å². The molecule has 0 aromatic rings. The molecule has 104 valence electrons. The molecular weight excluding hydrogens is 234 g/mol. The summed E-state index contributed by atoms with van der Waals surface area (Å²) in [6, 6.07) is 0. The fourth-order valence-corrected chi connectivity index (χ4v) is 2.63. The van der Waals surface area contributed by atoms with Crippen LogP contribution in [0.1, 0.15) is 38.5 Å². The molecule has 0 spiro atoms. The second kappa shape index (κ2) is 5.99. The van der Waals surface area contributed by atoms with Crippen molar-refractivity contribution in [3.63, 3.8) is 0 Å². The molecular formula is C13H23NO4. The first-order valence-electron chi connectivity index (χ1n) is 6.74. The Bertz CT molecular complexity index is 289. The molecule has 2 rings (SSSR count). The monoisotopic (exact) mass is 257 g/mol. The first-order valence-corrected chi connectivity index (χ1v) is 6.74. The van der Waals surface area contributed by atoms with Gasteiger partial charge in [-0.3, -0.25) is 4.79 Å². The average Bonchev–Trinajstić information content (AvgIpc) is 2.40. The SMILES string of the molecule is COC1CCCC(OC(=O)C2(N)CCOCC2)C1. The van der Waals surface area contributed by atoms with Crippen LogP contribution in [-0.4, -0.2) is 44.0 Å². The maximum Gasteiger partial charge on any atom is 0.326 e. The number of hydrogen-bond donors (Lipinski definition) is 1. The molecule has 5 nitrogen and oxygen atoms in total. The van der Waals surface area contributed by atoms with Gasteiger partial charge in [-0.05, 0) is 32.1 Å². The van der Waals surface area contributed by atoms with Crippen LogP contribution in [0.15, 0.2) is 0 Å². The zero-order chi connectivity index (χ0) is 13.0. The number of esters is 1. The molecule has 1 saturated heterocycles. The quantitative estimate of drug-likeness (QED) is 0.764. The van der Waals surface area contributed by atoms with Crippen LogP contribution >= 0.6 is 0 Å². The number of methoxy groups -OCH3 is 1. The Labute approximate surface area is 108 Å². The summed E-state index contributed by atoms with van der Waals surface area (Å²) in [5.41, 5.74) is 5.25. The molecule has 2 fully saturated rings. The smallest absolute Gasteiger partial charge is 0.326 e. The molecule has 0 aromatic heterocycles. The van der Waals surface area contributed by atoms with Gasteiger partial charge < -0.3 is 19.9 Å². The summed E-state index contributed by atoms with van der Waals surface area (Å²) in [4.78, 5) is 12.1. The lowest BCUT2D eigenvalue weighted by Crippen LogP contribution is -2.53. The molecule has 5 heteroatoms. The third-order valence-corrected chi connectivity index (χ3v) is 3.98. The molecule has 18 heavy (non-hydrogen) atoms. The van der Waals surface area contributed by atoms with E-state index in [1.165, 1.54) is 0 Å². The van der Waals surface area contributed by atoms with Gasteiger partial charge in [0, 0.05) is 26.7 Å². The van der Waals surface area contributed by atoms with Gasteiger partial charge in [0.25, 0.3) is 0 Å². The van der Waals surface area contributed by atoms with E-state index in [-0.39, 0.29) is 18.2 Å². The van der Waals surface area contributed by atoms with E-state index in [0.29, 0.717) is 26.1 Å². The number of nitrogens with two attached hydrogens (primary N) is 1. The normalized spacial score (nSPS) is 31.9. The summed E-state index contributed by atoms with van der Waals surface area (Å²) >= 11 is 0. The van der Waals surface area contributed by atoms with Crippen molar-refractivity contribution in [2.24, 2.45) is 5.73 Å². The summed E-state index contributed by atoms with van der Waals surface area (Å²) in [7, 11) is 1.71. The lowest BCUT2D eigenvalue weighted by molar-refractivity contribution is -0.162. The third-order valence-electron chi connectivity index (χ3n) is 3.98. The second-order valence-electron chi connectivity index (χ2n) is 5.32. The maximum atomic E-state index is 12.1. The van der Waals surface area contributed by atoms with E-state index >= 15 is 0 Å². The Morgan fingerprint density at radius 1 is 1.28 bits per heavy atom. The van der Waals surface area contributed by atoms with Crippen LogP contribution in [0, 0.1) is 0 Å². The number of carbonyl (C=O) groups is 1. The minimum absolute atomic E-state index is 0.0422. The zero-order valence-electron chi connectivity index (χ0n) is 11.0.